The molecular weight excluding hydrogens is 296 g/mol. The largest absolute Gasteiger partial charge is 0.452 e. The van der Waals surface area contributed by atoms with Crippen LogP contribution in [0.2, 0.25) is 0 Å². The van der Waals surface area contributed by atoms with Crippen LogP contribution in [-0.2, 0) is 19.1 Å². The van der Waals surface area contributed by atoms with Gasteiger partial charge < -0.3 is 15.4 Å². The SMILES string of the molecule is CC/C=C/C(=O)OCC(=O)NCC(=O)Nc1cccc(C)c1C. The van der Waals surface area contributed by atoms with Crippen molar-refractivity contribution in [2.45, 2.75) is 27.2 Å². The van der Waals surface area contributed by atoms with E-state index < -0.39 is 18.5 Å². The van der Waals surface area contributed by atoms with Gasteiger partial charge in [0.05, 0.1) is 6.54 Å². The Morgan fingerprint density at radius 3 is 2.61 bits per heavy atom. The van der Waals surface area contributed by atoms with Gasteiger partial charge in [0.15, 0.2) is 6.61 Å². The molecule has 0 spiro atoms. The van der Waals surface area contributed by atoms with E-state index in [9.17, 15) is 14.4 Å². The Morgan fingerprint density at radius 1 is 1.17 bits per heavy atom. The van der Waals surface area contributed by atoms with E-state index in [4.69, 9.17) is 4.74 Å². The predicted octanol–water partition coefficient (Wildman–Crippen LogP) is 1.87. The van der Waals surface area contributed by atoms with Gasteiger partial charge in [0.2, 0.25) is 5.91 Å². The van der Waals surface area contributed by atoms with Crippen molar-refractivity contribution in [3.05, 3.63) is 41.5 Å². The number of anilines is 1. The van der Waals surface area contributed by atoms with Crippen molar-refractivity contribution in [3.63, 3.8) is 0 Å². The molecule has 124 valence electrons. The van der Waals surface area contributed by atoms with Crippen molar-refractivity contribution >= 4 is 23.5 Å². The third-order valence-electron chi connectivity index (χ3n) is 3.16. The lowest BCUT2D eigenvalue weighted by Gasteiger charge is -2.11. The highest BCUT2D eigenvalue weighted by Gasteiger charge is 2.09. The van der Waals surface area contributed by atoms with Crippen LogP contribution in [0.4, 0.5) is 5.69 Å². The summed E-state index contributed by atoms with van der Waals surface area (Å²) >= 11 is 0. The zero-order valence-corrected chi connectivity index (χ0v) is 13.6. The normalized spacial score (nSPS) is 10.4. The van der Waals surface area contributed by atoms with E-state index in [0.717, 1.165) is 11.1 Å². The van der Waals surface area contributed by atoms with Crippen LogP contribution in [0.1, 0.15) is 24.5 Å². The maximum absolute atomic E-state index is 11.8. The van der Waals surface area contributed by atoms with Gasteiger partial charge in [0.1, 0.15) is 0 Å². The van der Waals surface area contributed by atoms with Gasteiger partial charge in [-0.3, -0.25) is 9.59 Å². The summed E-state index contributed by atoms with van der Waals surface area (Å²) in [6.07, 6.45) is 3.61. The Labute approximate surface area is 135 Å². The number of carbonyl (C=O) groups is 3. The molecule has 23 heavy (non-hydrogen) atoms. The van der Waals surface area contributed by atoms with E-state index in [1.807, 2.05) is 32.9 Å². The Morgan fingerprint density at radius 2 is 1.91 bits per heavy atom. The lowest BCUT2D eigenvalue weighted by atomic mass is 10.1. The molecule has 0 aliphatic carbocycles. The maximum atomic E-state index is 11.8. The molecule has 0 aliphatic rings. The standard InChI is InChI=1S/C17H22N2O4/c1-4-5-9-17(22)23-11-16(21)18-10-15(20)19-14-8-6-7-12(2)13(14)3/h5-9H,4,10-11H2,1-3H3,(H,18,21)(H,19,20)/b9-5+. The quantitative estimate of drug-likeness (QED) is 0.594. The molecule has 0 atom stereocenters. The highest BCUT2D eigenvalue weighted by atomic mass is 16.5. The predicted molar refractivity (Wildman–Crippen MR) is 87.9 cm³/mol. The molecule has 1 aromatic rings. The summed E-state index contributed by atoms with van der Waals surface area (Å²) in [6, 6.07) is 5.60. The van der Waals surface area contributed by atoms with Gasteiger partial charge in [0.25, 0.3) is 5.91 Å². The van der Waals surface area contributed by atoms with Gasteiger partial charge in [-0.2, -0.15) is 0 Å². The second kappa shape index (κ2) is 9.40. The Bertz CT molecular complexity index is 609. The summed E-state index contributed by atoms with van der Waals surface area (Å²) in [7, 11) is 0. The number of aryl methyl sites for hydroxylation is 1. The topological polar surface area (TPSA) is 84.5 Å². The number of esters is 1. The fraction of sp³-hybridized carbons (Fsp3) is 0.353. The molecule has 0 heterocycles. The minimum Gasteiger partial charge on any atom is -0.452 e. The van der Waals surface area contributed by atoms with Crippen LogP contribution in [0.3, 0.4) is 0 Å². The second-order valence-corrected chi connectivity index (χ2v) is 4.99. The number of hydrogen-bond acceptors (Lipinski definition) is 4. The van der Waals surface area contributed by atoms with Crippen molar-refractivity contribution in [3.8, 4) is 0 Å². The number of benzene rings is 1. The third kappa shape index (κ3) is 6.78. The van der Waals surface area contributed by atoms with Crippen LogP contribution in [-0.4, -0.2) is 30.9 Å². The monoisotopic (exact) mass is 318 g/mol. The van der Waals surface area contributed by atoms with Crippen molar-refractivity contribution in [1.82, 2.24) is 5.32 Å². The number of allylic oxidation sites excluding steroid dienone is 1. The van der Waals surface area contributed by atoms with Gasteiger partial charge in [-0.25, -0.2) is 4.79 Å². The average Bonchev–Trinajstić information content (AvgIpc) is 2.53. The summed E-state index contributed by atoms with van der Waals surface area (Å²) in [5.41, 5.74) is 2.75. The van der Waals surface area contributed by atoms with Gasteiger partial charge in [0, 0.05) is 11.8 Å². The summed E-state index contributed by atoms with van der Waals surface area (Å²) < 4.78 is 4.72. The van der Waals surface area contributed by atoms with Crippen LogP contribution in [0.5, 0.6) is 0 Å². The zero-order valence-electron chi connectivity index (χ0n) is 13.6. The molecule has 0 saturated carbocycles. The van der Waals surface area contributed by atoms with Crippen molar-refractivity contribution in [2.75, 3.05) is 18.5 Å². The van der Waals surface area contributed by atoms with Crippen LogP contribution >= 0.6 is 0 Å². The minimum atomic E-state index is -0.582. The highest BCUT2D eigenvalue weighted by Crippen LogP contribution is 2.17. The summed E-state index contributed by atoms with van der Waals surface area (Å²) in [6.45, 7) is 5.14. The van der Waals surface area contributed by atoms with Crippen LogP contribution < -0.4 is 10.6 Å². The third-order valence-corrected chi connectivity index (χ3v) is 3.16. The average molecular weight is 318 g/mol. The van der Waals surface area contributed by atoms with Gasteiger partial charge in [-0.1, -0.05) is 25.1 Å². The van der Waals surface area contributed by atoms with Crippen molar-refractivity contribution in [2.24, 2.45) is 0 Å². The lowest BCUT2D eigenvalue weighted by molar-refractivity contribution is -0.143. The number of amides is 2. The fourth-order valence-electron chi connectivity index (χ4n) is 1.71. The molecule has 0 unspecified atom stereocenters. The van der Waals surface area contributed by atoms with Crippen molar-refractivity contribution < 1.29 is 19.1 Å². The zero-order chi connectivity index (χ0) is 17.2. The molecule has 0 fully saturated rings. The molecular formula is C17H22N2O4. The molecule has 0 bridgehead atoms. The van der Waals surface area contributed by atoms with Crippen molar-refractivity contribution in [1.29, 1.82) is 0 Å². The number of nitrogens with one attached hydrogen (secondary N) is 2. The summed E-state index contributed by atoms with van der Waals surface area (Å²) in [5.74, 6) is -1.45. The number of ether oxygens (including phenoxy) is 1. The molecule has 6 heteroatoms. The molecule has 0 aliphatic heterocycles. The minimum absolute atomic E-state index is 0.186. The van der Waals surface area contributed by atoms with Crippen LogP contribution in [0.15, 0.2) is 30.4 Å². The van der Waals surface area contributed by atoms with E-state index in [2.05, 4.69) is 10.6 Å². The van der Waals surface area contributed by atoms with Gasteiger partial charge >= 0.3 is 5.97 Å². The van der Waals surface area contributed by atoms with E-state index in [1.54, 1.807) is 12.1 Å². The smallest absolute Gasteiger partial charge is 0.330 e. The first kappa shape index (κ1) is 18.4. The molecule has 0 saturated heterocycles. The first-order chi connectivity index (χ1) is 10.9. The lowest BCUT2D eigenvalue weighted by Crippen LogP contribution is -2.35. The van der Waals surface area contributed by atoms with Crippen LogP contribution in [0.25, 0.3) is 0 Å². The van der Waals surface area contributed by atoms with Crippen LogP contribution in [0, 0.1) is 13.8 Å². The molecule has 0 aromatic heterocycles. The Balaban J connectivity index is 2.35. The molecule has 6 nitrogen and oxygen atoms in total. The van der Waals surface area contributed by atoms with E-state index in [-0.39, 0.29) is 12.5 Å². The highest BCUT2D eigenvalue weighted by molar-refractivity contribution is 5.95. The van der Waals surface area contributed by atoms with Gasteiger partial charge in [-0.15, -0.1) is 0 Å². The van der Waals surface area contributed by atoms with E-state index in [0.29, 0.717) is 12.1 Å². The second-order valence-electron chi connectivity index (χ2n) is 4.99. The maximum Gasteiger partial charge on any atom is 0.330 e. The molecule has 1 rings (SSSR count). The van der Waals surface area contributed by atoms with Gasteiger partial charge in [-0.05, 0) is 37.5 Å². The summed E-state index contributed by atoms with van der Waals surface area (Å²) in [4.78, 5) is 34.5. The molecule has 1 aromatic carbocycles. The number of carbonyl (C=O) groups excluding carboxylic acids is 3. The summed E-state index contributed by atoms with van der Waals surface area (Å²) in [5, 5.41) is 5.12. The molecule has 2 amide bonds. The molecule has 2 N–H and O–H groups in total. The molecule has 0 radical (unpaired) electrons. The first-order valence-electron chi connectivity index (χ1n) is 7.40. The fourth-order valence-corrected chi connectivity index (χ4v) is 1.71. The number of hydrogen-bond donors (Lipinski definition) is 2. The van der Waals surface area contributed by atoms with E-state index >= 15 is 0 Å². The van der Waals surface area contributed by atoms with E-state index in [1.165, 1.54) is 6.08 Å². The Hall–Kier alpha value is -2.63. The number of rotatable bonds is 7. The Kier molecular flexibility index (Phi) is 7.53. The first-order valence-corrected chi connectivity index (χ1v) is 7.40.